The summed E-state index contributed by atoms with van der Waals surface area (Å²) >= 11 is 0. The molecule has 1 aromatic carbocycles. The van der Waals surface area contributed by atoms with E-state index in [2.05, 4.69) is 0 Å². The molecule has 6 nitrogen and oxygen atoms in total. The van der Waals surface area contributed by atoms with Gasteiger partial charge in [0, 0.05) is 5.56 Å². The van der Waals surface area contributed by atoms with Crippen LogP contribution in [0.5, 0.6) is 5.75 Å². The molecule has 2 N–H and O–H groups in total. The van der Waals surface area contributed by atoms with E-state index in [4.69, 9.17) is 9.84 Å². The highest BCUT2D eigenvalue weighted by molar-refractivity contribution is 7.89. The molecule has 8 heteroatoms. The summed E-state index contributed by atoms with van der Waals surface area (Å²) in [6.45, 7) is 0.503. The van der Waals surface area contributed by atoms with Crippen LogP contribution >= 0.6 is 0 Å². The first-order valence-electron chi connectivity index (χ1n) is 4.84. The van der Waals surface area contributed by atoms with Crippen molar-refractivity contribution in [3.05, 3.63) is 23.5 Å². The average molecular weight is 277 g/mol. The van der Waals surface area contributed by atoms with Crippen LogP contribution in [0, 0.1) is 12.7 Å². The number of methoxy groups -OCH3 is 1. The molecule has 0 aromatic heterocycles. The topological polar surface area (TPSA) is 92.7 Å². The Morgan fingerprint density at radius 1 is 1.50 bits per heavy atom. The molecule has 0 aliphatic heterocycles. The van der Waals surface area contributed by atoms with E-state index in [1.807, 2.05) is 4.72 Å². The molecule has 0 unspecified atom stereocenters. The van der Waals surface area contributed by atoms with Crippen LogP contribution in [0.1, 0.15) is 5.56 Å². The summed E-state index contributed by atoms with van der Waals surface area (Å²) in [7, 11) is -2.80. The molecule has 0 aliphatic rings. The molecule has 0 amide bonds. The Hall–Kier alpha value is -1.67. The first-order valence-corrected chi connectivity index (χ1v) is 6.32. The maximum atomic E-state index is 13.7. The molecule has 0 spiro atoms. The molecule has 0 radical (unpaired) electrons. The van der Waals surface area contributed by atoms with Crippen LogP contribution in [0.2, 0.25) is 0 Å². The van der Waals surface area contributed by atoms with Crippen LogP contribution in [0.15, 0.2) is 17.0 Å². The third-order valence-corrected chi connectivity index (χ3v) is 3.77. The summed E-state index contributed by atoms with van der Waals surface area (Å²) in [6, 6.07) is 2.32. The molecule has 1 aromatic rings. The number of sulfonamides is 1. The van der Waals surface area contributed by atoms with E-state index < -0.39 is 28.4 Å². The number of aliphatic carboxylic acids is 1. The first-order chi connectivity index (χ1) is 8.29. The molecule has 0 saturated heterocycles. The highest BCUT2D eigenvalue weighted by atomic mass is 32.2. The zero-order valence-electron chi connectivity index (χ0n) is 9.73. The van der Waals surface area contributed by atoms with E-state index in [0.29, 0.717) is 0 Å². The van der Waals surface area contributed by atoms with Crippen molar-refractivity contribution >= 4 is 16.0 Å². The number of carboxylic acids is 1. The van der Waals surface area contributed by atoms with E-state index >= 15 is 0 Å². The Balaban J connectivity index is 3.18. The molecule has 0 aliphatic carbocycles. The molecule has 1 rings (SSSR count). The SMILES string of the molecule is COc1ccc(S(=O)(=O)NCC(=O)O)c(C)c1F. The van der Waals surface area contributed by atoms with Crippen molar-refractivity contribution in [3.63, 3.8) is 0 Å². The Labute approximate surface area is 103 Å². The minimum atomic E-state index is -4.06. The van der Waals surface area contributed by atoms with Crippen LogP contribution in [0.4, 0.5) is 4.39 Å². The fraction of sp³-hybridized carbons (Fsp3) is 0.300. The van der Waals surface area contributed by atoms with Crippen LogP contribution in [-0.4, -0.2) is 33.1 Å². The van der Waals surface area contributed by atoms with Gasteiger partial charge in [0.15, 0.2) is 11.6 Å². The van der Waals surface area contributed by atoms with Crippen LogP contribution in [-0.2, 0) is 14.8 Å². The van der Waals surface area contributed by atoms with Crippen LogP contribution in [0.25, 0.3) is 0 Å². The van der Waals surface area contributed by atoms with Crippen LogP contribution in [0.3, 0.4) is 0 Å². The number of hydrogen-bond donors (Lipinski definition) is 2. The van der Waals surface area contributed by atoms with Gasteiger partial charge in [-0.3, -0.25) is 4.79 Å². The monoisotopic (exact) mass is 277 g/mol. The molecule has 0 saturated carbocycles. The van der Waals surface area contributed by atoms with Gasteiger partial charge in [-0.2, -0.15) is 4.72 Å². The van der Waals surface area contributed by atoms with Crippen molar-refractivity contribution in [2.75, 3.05) is 13.7 Å². The first kappa shape index (κ1) is 14.4. The highest BCUT2D eigenvalue weighted by Gasteiger charge is 2.21. The Kier molecular flexibility index (Phi) is 4.25. The van der Waals surface area contributed by atoms with E-state index in [0.717, 1.165) is 12.1 Å². The van der Waals surface area contributed by atoms with Crippen molar-refractivity contribution in [2.45, 2.75) is 11.8 Å². The maximum absolute atomic E-state index is 13.7. The molecule has 0 atom stereocenters. The second-order valence-electron chi connectivity index (χ2n) is 3.42. The zero-order chi connectivity index (χ0) is 13.9. The predicted octanol–water partition coefficient (Wildman–Crippen LogP) is 0.506. The molecule has 0 fully saturated rings. The standard InChI is InChI=1S/C10H12FNO5S/c1-6-8(4-3-7(17-2)10(6)11)18(15,16)12-5-9(13)14/h3-4,12H,5H2,1-2H3,(H,13,14). The Bertz CT molecular complexity index is 570. The minimum absolute atomic E-state index is 0.0790. The van der Waals surface area contributed by atoms with E-state index in [1.54, 1.807) is 0 Å². The van der Waals surface area contributed by atoms with Gasteiger partial charge >= 0.3 is 5.97 Å². The van der Waals surface area contributed by atoms with Gasteiger partial charge in [-0.15, -0.1) is 0 Å². The molecular formula is C10H12FNO5S. The maximum Gasteiger partial charge on any atom is 0.318 e. The van der Waals surface area contributed by atoms with Crippen molar-refractivity contribution in [1.29, 1.82) is 0 Å². The quantitative estimate of drug-likeness (QED) is 0.817. The van der Waals surface area contributed by atoms with Gasteiger partial charge in [-0.1, -0.05) is 0 Å². The predicted molar refractivity (Wildman–Crippen MR) is 60.5 cm³/mol. The van der Waals surface area contributed by atoms with Crippen molar-refractivity contribution in [2.24, 2.45) is 0 Å². The second kappa shape index (κ2) is 5.32. The number of halogens is 1. The summed E-state index contributed by atoms with van der Waals surface area (Å²) in [4.78, 5) is 9.99. The summed E-state index contributed by atoms with van der Waals surface area (Å²) in [6.07, 6.45) is 0. The lowest BCUT2D eigenvalue weighted by molar-refractivity contribution is -0.135. The van der Waals surface area contributed by atoms with E-state index in [-0.39, 0.29) is 16.2 Å². The highest BCUT2D eigenvalue weighted by Crippen LogP contribution is 2.25. The Morgan fingerprint density at radius 3 is 2.61 bits per heavy atom. The lowest BCUT2D eigenvalue weighted by Crippen LogP contribution is -2.30. The van der Waals surface area contributed by atoms with Crippen molar-refractivity contribution in [1.82, 2.24) is 4.72 Å². The number of nitrogens with one attached hydrogen (secondary N) is 1. The molecule has 0 bridgehead atoms. The van der Waals surface area contributed by atoms with Gasteiger partial charge in [0.05, 0.1) is 12.0 Å². The molecule has 0 heterocycles. The van der Waals surface area contributed by atoms with E-state index in [9.17, 15) is 17.6 Å². The van der Waals surface area contributed by atoms with Gasteiger partial charge in [0.1, 0.15) is 6.54 Å². The fourth-order valence-corrected chi connectivity index (χ4v) is 2.53. The second-order valence-corrected chi connectivity index (χ2v) is 5.16. The fourth-order valence-electron chi connectivity index (χ4n) is 1.33. The lowest BCUT2D eigenvalue weighted by atomic mass is 10.2. The summed E-state index contributed by atoms with van der Waals surface area (Å²) in [5.41, 5.74) is -0.132. The summed E-state index contributed by atoms with van der Waals surface area (Å²) in [5.74, 6) is -2.20. The molecular weight excluding hydrogens is 265 g/mol. The zero-order valence-corrected chi connectivity index (χ0v) is 10.5. The number of benzene rings is 1. The van der Waals surface area contributed by atoms with E-state index in [1.165, 1.54) is 14.0 Å². The third kappa shape index (κ3) is 2.96. The summed E-state index contributed by atoms with van der Waals surface area (Å²) in [5, 5.41) is 8.41. The van der Waals surface area contributed by atoms with Gasteiger partial charge in [0.25, 0.3) is 0 Å². The number of ether oxygens (including phenoxy) is 1. The third-order valence-electron chi connectivity index (χ3n) is 2.22. The van der Waals surface area contributed by atoms with Gasteiger partial charge in [-0.25, -0.2) is 12.8 Å². The summed E-state index contributed by atoms with van der Waals surface area (Å²) < 4.78 is 43.7. The van der Waals surface area contributed by atoms with Gasteiger partial charge in [-0.05, 0) is 19.1 Å². The van der Waals surface area contributed by atoms with Gasteiger partial charge in [0.2, 0.25) is 10.0 Å². The van der Waals surface area contributed by atoms with Crippen molar-refractivity contribution in [3.8, 4) is 5.75 Å². The Morgan fingerprint density at radius 2 is 2.11 bits per heavy atom. The van der Waals surface area contributed by atoms with Crippen LogP contribution < -0.4 is 9.46 Å². The number of hydrogen-bond acceptors (Lipinski definition) is 4. The largest absolute Gasteiger partial charge is 0.494 e. The normalized spacial score (nSPS) is 11.3. The molecule has 18 heavy (non-hydrogen) atoms. The smallest absolute Gasteiger partial charge is 0.318 e. The van der Waals surface area contributed by atoms with Gasteiger partial charge < -0.3 is 9.84 Å². The number of carbonyl (C=O) groups is 1. The number of rotatable bonds is 5. The van der Waals surface area contributed by atoms with Crippen molar-refractivity contribution < 1.29 is 27.4 Å². The number of carboxylic acid groups (broad SMARTS) is 1. The molecule has 100 valence electrons. The minimum Gasteiger partial charge on any atom is -0.494 e. The lowest BCUT2D eigenvalue weighted by Gasteiger charge is -2.10. The average Bonchev–Trinajstić information content (AvgIpc) is 2.30.